The average Bonchev–Trinajstić information content (AvgIpc) is 3.41. The van der Waals surface area contributed by atoms with E-state index in [9.17, 15) is 4.79 Å². The molecule has 4 heteroatoms. The number of nitrogens with one attached hydrogen (secondary N) is 1. The summed E-state index contributed by atoms with van der Waals surface area (Å²) in [6, 6.07) is 11.3. The maximum Gasteiger partial charge on any atom is 0.223 e. The molecule has 2 aliphatic carbocycles. The predicted octanol–water partition coefficient (Wildman–Crippen LogP) is 2.92. The third-order valence-electron chi connectivity index (χ3n) is 6.76. The van der Waals surface area contributed by atoms with Crippen molar-refractivity contribution >= 4 is 5.91 Å². The van der Waals surface area contributed by atoms with E-state index in [1.165, 1.54) is 31.2 Å². The van der Waals surface area contributed by atoms with Gasteiger partial charge in [0.05, 0.1) is 0 Å². The average molecular weight is 356 g/mol. The lowest BCUT2D eigenvalue weighted by atomic mass is 10.0. The largest absolute Gasteiger partial charge is 0.356 e. The molecule has 1 saturated heterocycles. The molecule has 1 amide bonds. The fourth-order valence-electron chi connectivity index (χ4n) is 5.21. The van der Waals surface area contributed by atoms with Crippen LogP contribution in [0.1, 0.15) is 43.7 Å². The van der Waals surface area contributed by atoms with Gasteiger partial charge in [-0.15, -0.1) is 0 Å². The van der Waals surface area contributed by atoms with Crippen LogP contribution in [0.25, 0.3) is 0 Å². The predicted molar refractivity (Wildman–Crippen MR) is 105 cm³/mol. The fraction of sp³-hybridized carbons (Fsp3) is 0.682. The molecule has 0 spiro atoms. The number of benzene rings is 1. The van der Waals surface area contributed by atoms with Crippen molar-refractivity contribution in [3.05, 3.63) is 35.9 Å². The number of carbonyl (C=O) groups is 1. The minimum atomic E-state index is 0.333. The first kappa shape index (κ1) is 18.0. The summed E-state index contributed by atoms with van der Waals surface area (Å²) >= 11 is 0. The molecule has 1 aromatic rings. The van der Waals surface area contributed by atoms with Crippen molar-refractivity contribution < 1.29 is 4.79 Å². The summed E-state index contributed by atoms with van der Waals surface area (Å²) in [4.78, 5) is 17.4. The van der Waals surface area contributed by atoms with Crippen LogP contribution in [-0.2, 0) is 4.79 Å². The van der Waals surface area contributed by atoms with Crippen molar-refractivity contribution in [3.63, 3.8) is 0 Å². The zero-order chi connectivity index (χ0) is 17.9. The normalized spacial score (nSPS) is 32.0. The first-order valence-corrected chi connectivity index (χ1v) is 10.5. The molecule has 4 nitrogen and oxygen atoms in total. The maximum atomic E-state index is 12.4. The van der Waals surface area contributed by atoms with Gasteiger partial charge in [0.15, 0.2) is 0 Å². The number of rotatable bonds is 6. The maximum absolute atomic E-state index is 12.4. The lowest BCUT2D eigenvalue weighted by Crippen LogP contribution is -2.47. The van der Waals surface area contributed by atoms with Gasteiger partial charge in [-0.05, 0) is 43.7 Å². The van der Waals surface area contributed by atoms with Gasteiger partial charge in [0.1, 0.15) is 0 Å². The van der Waals surface area contributed by atoms with Crippen LogP contribution in [0, 0.1) is 17.8 Å². The number of amides is 1. The molecule has 1 heterocycles. The summed E-state index contributed by atoms with van der Waals surface area (Å²) in [5.41, 5.74) is 1.41. The second kappa shape index (κ2) is 8.10. The molecule has 1 aromatic carbocycles. The number of hydrogen-bond donors (Lipinski definition) is 1. The van der Waals surface area contributed by atoms with E-state index in [1.54, 1.807) is 0 Å². The molecule has 4 rings (SSSR count). The van der Waals surface area contributed by atoms with Gasteiger partial charge in [0, 0.05) is 44.7 Å². The SMILES string of the molecule is CN1CCN(CCCNC(=O)C2[C@H]3CCCC[C@@H]23)[C@@H](c2ccccc2)C1. The van der Waals surface area contributed by atoms with E-state index in [1.807, 2.05) is 0 Å². The molecule has 142 valence electrons. The van der Waals surface area contributed by atoms with E-state index in [0.717, 1.165) is 39.1 Å². The highest BCUT2D eigenvalue weighted by Crippen LogP contribution is 2.55. The van der Waals surface area contributed by atoms with E-state index >= 15 is 0 Å². The quantitative estimate of drug-likeness (QED) is 0.797. The van der Waals surface area contributed by atoms with Gasteiger partial charge in [0.2, 0.25) is 5.91 Å². The van der Waals surface area contributed by atoms with Crippen molar-refractivity contribution in [2.45, 2.75) is 38.1 Å². The lowest BCUT2D eigenvalue weighted by Gasteiger charge is -2.40. The molecule has 26 heavy (non-hydrogen) atoms. The molecule has 3 fully saturated rings. The Hall–Kier alpha value is -1.39. The second-order valence-corrected chi connectivity index (χ2v) is 8.51. The van der Waals surface area contributed by atoms with Crippen molar-refractivity contribution in [2.24, 2.45) is 17.8 Å². The van der Waals surface area contributed by atoms with Gasteiger partial charge in [-0.3, -0.25) is 9.69 Å². The molecule has 0 aromatic heterocycles. The summed E-state index contributed by atoms with van der Waals surface area (Å²) in [6.45, 7) is 5.20. The van der Waals surface area contributed by atoms with E-state index in [0.29, 0.717) is 29.7 Å². The molecule has 1 N–H and O–H groups in total. The molecule has 1 unspecified atom stereocenters. The Bertz CT molecular complexity index is 593. The topological polar surface area (TPSA) is 35.6 Å². The molecule has 0 bridgehead atoms. The van der Waals surface area contributed by atoms with Gasteiger partial charge in [-0.2, -0.15) is 0 Å². The van der Waals surface area contributed by atoms with E-state index in [2.05, 4.69) is 52.5 Å². The van der Waals surface area contributed by atoms with E-state index < -0.39 is 0 Å². The van der Waals surface area contributed by atoms with Crippen molar-refractivity contribution in [2.75, 3.05) is 39.8 Å². The molecule has 3 aliphatic rings. The van der Waals surface area contributed by atoms with Crippen LogP contribution >= 0.6 is 0 Å². The van der Waals surface area contributed by atoms with E-state index in [-0.39, 0.29) is 0 Å². The zero-order valence-corrected chi connectivity index (χ0v) is 16.1. The standard InChI is InChI=1S/C22H33N3O/c1-24-14-15-25(20(16-24)17-8-3-2-4-9-17)13-7-12-23-22(26)21-18-10-5-6-11-19(18)21/h2-4,8-9,18-21H,5-7,10-16H2,1H3,(H,23,26)/t18-,19+,20-,21?/m1/s1. The molecular formula is C22H33N3O. The molecule has 2 saturated carbocycles. The molecular weight excluding hydrogens is 322 g/mol. The Kier molecular flexibility index (Phi) is 5.60. The minimum Gasteiger partial charge on any atom is -0.356 e. The van der Waals surface area contributed by atoms with Crippen molar-refractivity contribution in [3.8, 4) is 0 Å². The number of likely N-dealkylation sites (N-methyl/N-ethyl adjacent to an activating group) is 1. The molecule has 1 aliphatic heterocycles. The van der Waals surface area contributed by atoms with Crippen LogP contribution in [0.3, 0.4) is 0 Å². The summed E-state index contributed by atoms with van der Waals surface area (Å²) in [5, 5.41) is 3.23. The Morgan fingerprint density at radius 1 is 1.12 bits per heavy atom. The number of piperazine rings is 1. The van der Waals surface area contributed by atoms with Crippen LogP contribution in [0.15, 0.2) is 30.3 Å². The minimum absolute atomic E-state index is 0.333. The lowest BCUT2D eigenvalue weighted by molar-refractivity contribution is -0.122. The number of carbonyl (C=O) groups excluding carboxylic acids is 1. The van der Waals surface area contributed by atoms with Gasteiger partial charge in [-0.1, -0.05) is 43.2 Å². The highest BCUT2D eigenvalue weighted by atomic mass is 16.2. The second-order valence-electron chi connectivity index (χ2n) is 8.51. The fourth-order valence-corrected chi connectivity index (χ4v) is 5.21. The van der Waals surface area contributed by atoms with E-state index in [4.69, 9.17) is 0 Å². The Morgan fingerprint density at radius 3 is 2.58 bits per heavy atom. The first-order chi connectivity index (χ1) is 12.7. The third kappa shape index (κ3) is 3.96. The zero-order valence-electron chi connectivity index (χ0n) is 16.1. The highest BCUT2D eigenvalue weighted by molar-refractivity contribution is 5.82. The Morgan fingerprint density at radius 2 is 1.85 bits per heavy atom. The summed E-state index contributed by atoms with van der Waals surface area (Å²) in [7, 11) is 2.21. The summed E-state index contributed by atoms with van der Waals surface area (Å²) in [5.74, 6) is 2.10. The van der Waals surface area contributed by atoms with Gasteiger partial charge < -0.3 is 10.2 Å². The molecule has 0 radical (unpaired) electrons. The smallest absolute Gasteiger partial charge is 0.223 e. The number of hydrogen-bond acceptors (Lipinski definition) is 3. The van der Waals surface area contributed by atoms with Crippen LogP contribution in [0.2, 0.25) is 0 Å². The van der Waals surface area contributed by atoms with Gasteiger partial charge in [-0.25, -0.2) is 0 Å². The first-order valence-electron chi connectivity index (χ1n) is 10.5. The summed E-state index contributed by atoms with van der Waals surface area (Å²) in [6.07, 6.45) is 6.26. The van der Waals surface area contributed by atoms with Crippen LogP contribution in [0.5, 0.6) is 0 Å². The Balaban J connectivity index is 1.23. The Labute approximate surface area is 157 Å². The van der Waals surface area contributed by atoms with Crippen molar-refractivity contribution in [1.82, 2.24) is 15.1 Å². The summed E-state index contributed by atoms with van der Waals surface area (Å²) < 4.78 is 0. The van der Waals surface area contributed by atoms with Gasteiger partial charge >= 0.3 is 0 Å². The van der Waals surface area contributed by atoms with Crippen LogP contribution in [0.4, 0.5) is 0 Å². The van der Waals surface area contributed by atoms with Gasteiger partial charge in [0.25, 0.3) is 0 Å². The van der Waals surface area contributed by atoms with Crippen molar-refractivity contribution in [1.29, 1.82) is 0 Å². The molecule has 4 atom stereocenters. The number of nitrogens with zero attached hydrogens (tertiary/aromatic N) is 2. The van der Waals surface area contributed by atoms with Crippen LogP contribution in [-0.4, -0.2) is 55.5 Å². The third-order valence-corrected chi connectivity index (χ3v) is 6.76. The monoisotopic (exact) mass is 355 g/mol. The highest BCUT2D eigenvalue weighted by Gasteiger charge is 2.54. The van der Waals surface area contributed by atoms with Crippen LogP contribution < -0.4 is 5.32 Å². The number of fused-ring (bicyclic) bond motifs is 1.